The van der Waals surface area contributed by atoms with Crippen molar-refractivity contribution in [3.63, 3.8) is 0 Å². The molecule has 156 valence electrons. The van der Waals surface area contributed by atoms with E-state index in [1.807, 2.05) is 26.0 Å². The molecule has 1 saturated heterocycles. The molecule has 8 heteroatoms. The SMILES string of the molecule is CC(C)c1ccc(S(=O)(=O)N2CCC(C(=O)Nc3ccc(F)cc3F)CC2)cc1. The van der Waals surface area contributed by atoms with E-state index in [0.29, 0.717) is 24.8 Å². The molecular weight excluding hydrogens is 398 g/mol. The van der Waals surface area contributed by atoms with Gasteiger partial charge in [0.1, 0.15) is 11.6 Å². The highest BCUT2D eigenvalue weighted by molar-refractivity contribution is 7.89. The van der Waals surface area contributed by atoms with Gasteiger partial charge in [0.15, 0.2) is 0 Å². The topological polar surface area (TPSA) is 66.5 Å². The molecule has 2 aromatic rings. The van der Waals surface area contributed by atoms with Gasteiger partial charge in [0.2, 0.25) is 15.9 Å². The van der Waals surface area contributed by atoms with E-state index in [1.165, 1.54) is 10.4 Å². The zero-order valence-electron chi connectivity index (χ0n) is 16.4. The van der Waals surface area contributed by atoms with Crippen molar-refractivity contribution in [3.8, 4) is 0 Å². The third-order valence-electron chi connectivity index (χ3n) is 5.20. The van der Waals surface area contributed by atoms with Gasteiger partial charge in [0.25, 0.3) is 0 Å². The maximum Gasteiger partial charge on any atom is 0.243 e. The third-order valence-corrected chi connectivity index (χ3v) is 7.11. The predicted octanol–water partition coefficient (Wildman–Crippen LogP) is 4.13. The number of rotatable bonds is 5. The summed E-state index contributed by atoms with van der Waals surface area (Å²) in [4.78, 5) is 12.6. The summed E-state index contributed by atoms with van der Waals surface area (Å²) >= 11 is 0. The van der Waals surface area contributed by atoms with E-state index in [0.717, 1.165) is 11.6 Å². The number of piperidine rings is 1. The van der Waals surface area contributed by atoms with Crippen LogP contribution in [0.4, 0.5) is 14.5 Å². The molecule has 0 aromatic heterocycles. The van der Waals surface area contributed by atoms with Gasteiger partial charge < -0.3 is 5.32 Å². The van der Waals surface area contributed by atoms with E-state index in [9.17, 15) is 22.0 Å². The Hall–Kier alpha value is -2.32. The molecule has 1 amide bonds. The van der Waals surface area contributed by atoms with Gasteiger partial charge in [-0.1, -0.05) is 26.0 Å². The molecule has 2 aromatic carbocycles. The molecule has 0 atom stereocenters. The first-order chi connectivity index (χ1) is 13.7. The van der Waals surface area contributed by atoms with Crippen molar-refractivity contribution in [1.29, 1.82) is 0 Å². The van der Waals surface area contributed by atoms with Gasteiger partial charge >= 0.3 is 0 Å². The van der Waals surface area contributed by atoms with Crippen LogP contribution >= 0.6 is 0 Å². The van der Waals surface area contributed by atoms with Crippen LogP contribution in [0.1, 0.15) is 38.2 Å². The van der Waals surface area contributed by atoms with Crippen LogP contribution in [0.3, 0.4) is 0 Å². The number of nitrogens with zero attached hydrogens (tertiary/aromatic N) is 1. The van der Waals surface area contributed by atoms with Crippen molar-refractivity contribution in [3.05, 3.63) is 59.7 Å². The molecule has 1 N–H and O–H groups in total. The zero-order chi connectivity index (χ0) is 21.2. The standard InChI is InChI=1S/C21H24F2N2O3S/c1-14(2)15-3-6-18(7-4-15)29(27,28)25-11-9-16(10-12-25)21(26)24-20-8-5-17(22)13-19(20)23/h3-8,13-14,16H,9-12H2,1-2H3,(H,24,26). The van der Waals surface area contributed by atoms with Crippen molar-refractivity contribution in [2.24, 2.45) is 5.92 Å². The molecule has 3 rings (SSSR count). The normalized spacial score (nSPS) is 16.2. The lowest BCUT2D eigenvalue weighted by atomic mass is 9.97. The van der Waals surface area contributed by atoms with Crippen LogP contribution in [0.15, 0.2) is 47.4 Å². The quantitative estimate of drug-likeness (QED) is 0.788. The van der Waals surface area contributed by atoms with E-state index in [1.54, 1.807) is 12.1 Å². The molecule has 5 nitrogen and oxygen atoms in total. The molecule has 0 saturated carbocycles. The average molecular weight is 422 g/mol. The second-order valence-electron chi connectivity index (χ2n) is 7.52. The van der Waals surface area contributed by atoms with Crippen molar-refractivity contribution in [1.82, 2.24) is 4.31 Å². The monoisotopic (exact) mass is 422 g/mol. The Morgan fingerprint density at radius 3 is 2.24 bits per heavy atom. The van der Waals surface area contributed by atoms with Crippen molar-refractivity contribution in [2.45, 2.75) is 37.5 Å². The Morgan fingerprint density at radius 2 is 1.69 bits per heavy atom. The Labute approximate surface area is 169 Å². The van der Waals surface area contributed by atoms with Crippen molar-refractivity contribution < 1.29 is 22.0 Å². The first-order valence-electron chi connectivity index (χ1n) is 9.54. The van der Waals surface area contributed by atoms with Gasteiger partial charge in [0, 0.05) is 25.1 Å². The maximum absolute atomic E-state index is 13.7. The molecule has 1 aliphatic heterocycles. The van der Waals surface area contributed by atoms with E-state index in [4.69, 9.17) is 0 Å². The number of nitrogens with one attached hydrogen (secondary N) is 1. The van der Waals surface area contributed by atoms with Gasteiger partial charge in [-0.15, -0.1) is 0 Å². The minimum Gasteiger partial charge on any atom is -0.323 e. The summed E-state index contributed by atoms with van der Waals surface area (Å²) in [7, 11) is -3.62. The number of hydrogen-bond donors (Lipinski definition) is 1. The summed E-state index contributed by atoms with van der Waals surface area (Å²) in [6.07, 6.45) is 0.663. The lowest BCUT2D eigenvalue weighted by Gasteiger charge is -2.30. The summed E-state index contributed by atoms with van der Waals surface area (Å²) in [6.45, 7) is 4.49. The molecule has 0 radical (unpaired) electrons. The molecule has 0 unspecified atom stereocenters. The highest BCUT2D eigenvalue weighted by atomic mass is 32.2. The van der Waals surface area contributed by atoms with Gasteiger partial charge in [-0.25, -0.2) is 17.2 Å². The fraction of sp³-hybridized carbons (Fsp3) is 0.381. The van der Waals surface area contributed by atoms with Crippen LogP contribution in [0.5, 0.6) is 0 Å². The molecule has 1 fully saturated rings. The number of halogens is 2. The van der Waals surface area contributed by atoms with E-state index in [-0.39, 0.29) is 23.7 Å². The second kappa shape index (κ2) is 8.59. The molecule has 1 aliphatic rings. The number of sulfonamides is 1. The number of hydrogen-bond acceptors (Lipinski definition) is 3. The molecule has 0 spiro atoms. The highest BCUT2D eigenvalue weighted by Crippen LogP contribution is 2.26. The Balaban J connectivity index is 1.62. The summed E-state index contributed by atoms with van der Waals surface area (Å²) in [5.41, 5.74) is 0.976. The minimum absolute atomic E-state index is 0.0864. The molecule has 1 heterocycles. The van der Waals surface area contributed by atoms with E-state index < -0.39 is 33.5 Å². The van der Waals surface area contributed by atoms with Gasteiger partial charge in [-0.2, -0.15) is 4.31 Å². The fourth-order valence-corrected chi connectivity index (χ4v) is 4.83. The lowest BCUT2D eigenvalue weighted by molar-refractivity contribution is -0.120. The predicted molar refractivity (Wildman–Crippen MR) is 107 cm³/mol. The zero-order valence-corrected chi connectivity index (χ0v) is 17.2. The first-order valence-corrected chi connectivity index (χ1v) is 11.0. The Morgan fingerprint density at radius 1 is 1.07 bits per heavy atom. The van der Waals surface area contributed by atoms with Gasteiger partial charge in [0.05, 0.1) is 10.6 Å². The lowest BCUT2D eigenvalue weighted by Crippen LogP contribution is -2.41. The first kappa shape index (κ1) is 21.4. The summed E-state index contributed by atoms with van der Waals surface area (Å²) in [5, 5.41) is 2.46. The molecule has 29 heavy (non-hydrogen) atoms. The van der Waals surface area contributed by atoms with Crippen LogP contribution in [0.25, 0.3) is 0 Å². The third kappa shape index (κ3) is 4.82. The number of carbonyl (C=O) groups is 1. The summed E-state index contributed by atoms with van der Waals surface area (Å²) in [6, 6.07) is 9.79. The van der Waals surface area contributed by atoms with Crippen LogP contribution in [0, 0.1) is 17.6 Å². The van der Waals surface area contributed by atoms with E-state index in [2.05, 4.69) is 5.32 Å². The van der Waals surface area contributed by atoms with E-state index >= 15 is 0 Å². The number of amides is 1. The fourth-order valence-electron chi connectivity index (χ4n) is 3.36. The summed E-state index contributed by atoms with van der Waals surface area (Å²) in [5.74, 6) is -2.08. The highest BCUT2D eigenvalue weighted by Gasteiger charge is 2.32. The Bertz CT molecular complexity index is 983. The summed E-state index contributed by atoms with van der Waals surface area (Å²) < 4.78 is 53.8. The van der Waals surface area contributed by atoms with Crippen molar-refractivity contribution >= 4 is 21.6 Å². The maximum atomic E-state index is 13.7. The Kier molecular flexibility index (Phi) is 6.33. The van der Waals surface area contributed by atoms with Crippen LogP contribution in [0.2, 0.25) is 0 Å². The minimum atomic E-state index is -3.62. The average Bonchev–Trinajstić information content (AvgIpc) is 2.70. The smallest absolute Gasteiger partial charge is 0.243 e. The molecule has 0 aliphatic carbocycles. The number of benzene rings is 2. The molecule has 0 bridgehead atoms. The van der Waals surface area contributed by atoms with Crippen LogP contribution in [-0.2, 0) is 14.8 Å². The van der Waals surface area contributed by atoms with Crippen molar-refractivity contribution in [2.75, 3.05) is 18.4 Å². The van der Waals surface area contributed by atoms with Gasteiger partial charge in [-0.3, -0.25) is 4.79 Å². The largest absolute Gasteiger partial charge is 0.323 e. The van der Waals surface area contributed by atoms with Gasteiger partial charge in [-0.05, 0) is 48.6 Å². The number of anilines is 1. The molecular formula is C21H24F2N2O3S. The second-order valence-corrected chi connectivity index (χ2v) is 9.45. The van der Waals surface area contributed by atoms with Crippen LogP contribution < -0.4 is 5.32 Å². The van der Waals surface area contributed by atoms with Crippen LogP contribution in [-0.4, -0.2) is 31.7 Å². The number of carbonyl (C=O) groups excluding carboxylic acids is 1.